The molecule has 2 aliphatic rings. The van der Waals surface area contributed by atoms with Crippen LogP contribution in [0.3, 0.4) is 0 Å². The zero-order chi connectivity index (χ0) is 20.5. The molecule has 154 valence electrons. The molecule has 0 N–H and O–H groups in total. The molecule has 0 spiro atoms. The molecular weight excluding hydrogens is 370 g/mol. The second kappa shape index (κ2) is 7.94. The molecule has 8 heteroatoms. The van der Waals surface area contributed by atoms with Crippen LogP contribution in [0.4, 0.5) is 0 Å². The van der Waals surface area contributed by atoms with Crippen molar-refractivity contribution in [3.8, 4) is 5.69 Å². The maximum atomic E-state index is 13.0. The molecule has 2 saturated heterocycles. The van der Waals surface area contributed by atoms with Gasteiger partial charge in [0.25, 0.3) is 11.8 Å². The average molecular weight is 397 g/mol. The van der Waals surface area contributed by atoms with Gasteiger partial charge in [-0.3, -0.25) is 9.59 Å². The molecule has 0 bridgehead atoms. The highest BCUT2D eigenvalue weighted by Crippen LogP contribution is 2.19. The van der Waals surface area contributed by atoms with Crippen molar-refractivity contribution in [2.75, 3.05) is 32.8 Å². The molecular formula is C21H27N5O3. The molecule has 0 radical (unpaired) electrons. The maximum absolute atomic E-state index is 13.0. The normalized spacial score (nSPS) is 19.6. The quantitative estimate of drug-likeness (QED) is 0.787. The van der Waals surface area contributed by atoms with E-state index in [9.17, 15) is 9.59 Å². The lowest BCUT2D eigenvalue weighted by Crippen LogP contribution is -2.53. The van der Waals surface area contributed by atoms with Gasteiger partial charge in [0, 0.05) is 32.8 Å². The monoisotopic (exact) mass is 397 g/mol. The van der Waals surface area contributed by atoms with E-state index in [4.69, 9.17) is 4.74 Å². The van der Waals surface area contributed by atoms with E-state index in [0.29, 0.717) is 38.5 Å². The lowest BCUT2D eigenvalue weighted by atomic mass is 10.1. The van der Waals surface area contributed by atoms with Gasteiger partial charge >= 0.3 is 0 Å². The van der Waals surface area contributed by atoms with Gasteiger partial charge in [-0.1, -0.05) is 11.3 Å². The fourth-order valence-electron chi connectivity index (χ4n) is 4.10. The van der Waals surface area contributed by atoms with Gasteiger partial charge in [-0.2, -0.15) is 0 Å². The van der Waals surface area contributed by atoms with E-state index < -0.39 is 0 Å². The number of carbonyl (C=O) groups is 2. The molecule has 2 fully saturated rings. The lowest BCUT2D eigenvalue weighted by molar-refractivity contribution is -0.142. The zero-order valence-electron chi connectivity index (χ0n) is 17.2. The van der Waals surface area contributed by atoms with Crippen LogP contribution in [0, 0.1) is 20.8 Å². The highest BCUT2D eigenvalue weighted by atomic mass is 16.5. The molecule has 4 rings (SSSR count). The maximum Gasteiger partial charge on any atom is 0.276 e. The predicted molar refractivity (Wildman–Crippen MR) is 107 cm³/mol. The number of piperazine rings is 1. The summed E-state index contributed by atoms with van der Waals surface area (Å²) >= 11 is 0. The summed E-state index contributed by atoms with van der Waals surface area (Å²) in [6.07, 6.45) is 1.42. The Kier molecular flexibility index (Phi) is 5.36. The van der Waals surface area contributed by atoms with Crippen LogP contribution in [-0.2, 0) is 9.53 Å². The van der Waals surface area contributed by atoms with Crippen molar-refractivity contribution >= 4 is 11.8 Å². The van der Waals surface area contributed by atoms with Gasteiger partial charge in [-0.25, -0.2) is 4.68 Å². The van der Waals surface area contributed by atoms with Gasteiger partial charge in [0.15, 0.2) is 5.69 Å². The number of benzene rings is 1. The first-order chi connectivity index (χ1) is 13.9. The molecule has 8 nitrogen and oxygen atoms in total. The summed E-state index contributed by atoms with van der Waals surface area (Å²) in [7, 11) is 0. The molecule has 0 saturated carbocycles. The fourth-order valence-corrected chi connectivity index (χ4v) is 4.10. The standard InChI is InChI=1S/C21H27N5O3/c1-14-11-15(2)13-17(12-14)26-16(3)19(22-23-26)21(28)25-8-6-24(7-9-25)20(27)18-5-4-10-29-18/h11-13,18H,4-10H2,1-3H3. The van der Waals surface area contributed by atoms with Crippen molar-refractivity contribution in [1.29, 1.82) is 0 Å². The van der Waals surface area contributed by atoms with E-state index in [2.05, 4.69) is 16.4 Å². The smallest absolute Gasteiger partial charge is 0.276 e. The Morgan fingerprint density at radius 2 is 1.66 bits per heavy atom. The number of hydrogen-bond acceptors (Lipinski definition) is 5. The minimum absolute atomic E-state index is 0.0477. The van der Waals surface area contributed by atoms with Crippen molar-refractivity contribution in [3.63, 3.8) is 0 Å². The molecule has 1 unspecified atom stereocenters. The minimum Gasteiger partial charge on any atom is -0.368 e. The van der Waals surface area contributed by atoms with Gasteiger partial charge in [0.2, 0.25) is 0 Å². The summed E-state index contributed by atoms with van der Waals surface area (Å²) in [5, 5.41) is 8.38. The average Bonchev–Trinajstić information content (AvgIpc) is 3.36. The first-order valence-electron chi connectivity index (χ1n) is 10.1. The Labute approximate surface area is 170 Å². The van der Waals surface area contributed by atoms with E-state index in [0.717, 1.165) is 35.3 Å². The predicted octanol–water partition coefficient (Wildman–Crippen LogP) is 1.66. The first kappa shape index (κ1) is 19.6. The van der Waals surface area contributed by atoms with Gasteiger partial charge < -0.3 is 14.5 Å². The van der Waals surface area contributed by atoms with Crippen molar-refractivity contribution in [2.45, 2.75) is 39.7 Å². The van der Waals surface area contributed by atoms with E-state index in [1.807, 2.05) is 32.9 Å². The van der Waals surface area contributed by atoms with Crippen LogP contribution in [0.1, 0.15) is 40.2 Å². The Bertz CT molecular complexity index is 904. The third-order valence-electron chi connectivity index (χ3n) is 5.63. The van der Waals surface area contributed by atoms with Crippen molar-refractivity contribution < 1.29 is 14.3 Å². The number of rotatable bonds is 3. The zero-order valence-corrected chi connectivity index (χ0v) is 17.2. The summed E-state index contributed by atoms with van der Waals surface area (Å²) in [4.78, 5) is 29.1. The van der Waals surface area contributed by atoms with Crippen molar-refractivity contribution in [2.24, 2.45) is 0 Å². The topological polar surface area (TPSA) is 80.6 Å². The first-order valence-corrected chi connectivity index (χ1v) is 10.1. The largest absolute Gasteiger partial charge is 0.368 e. The highest BCUT2D eigenvalue weighted by molar-refractivity contribution is 5.93. The Morgan fingerprint density at radius 1 is 1.00 bits per heavy atom. The van der Waals surface area contributed by atoms with Crippen LogP contribution in [-0.4, -0.2) is 75.5 Å². The molecule has 1 aromatic carbocycles. The number of aromatic nitrogens is 3. The molecule has 1 atom stereocenters. The Balaban J connectivity index is 1.44. The van der Waals surface area contributed by atoms with Gasteiger partial charge in [0.05, 0.1) is 11.4 Å². The van der Waals surface area contributed by atoms with E-state index in [1.54, 1.807) is 14.5 Å². The number of amides is 2. The third-order valence-corrected chi connectivity index (χ3v) is 5.63. The van der Waals surface area contributed by atoms with Gasteiger partial charge in [0.1, 0.15) is 6.10 Å². The van der Waals surface area contributed by atoms with E-state index in [1.165, 1.54) is 0 Å². The number of hydrogen-bond donors (Lipinski definition) is 0. The van der Waals surface area contributed by atoms with E-state index in [-0.39, 0.29) is 17.9 Å². The van der Waals surface area contributed by atoms with Crippen LogP contribution in [0.15, 0.2) is 18.2 Å². The van der Waals surface area contributed by atoms with Crippen molar-refractivity contribution in [3.05, 3.63) is 40.7 Å². The lowest BCUT2D eigenvalue weighted by Gasteiger charge is -2.35. The summed E-state index contributed by atoms with van der Waals surface area (Å²) in [5.74, 6) is -0.0890. The SMILES string of the molecule is Cc1cc(C)cc(-n2nnc(C(=O)N3CCN(C(=O)C4CCCO4)CC3)c2C)c1. The minimum atomic E-state index is -0.308. The summed E-state index contributed by atoms with van der Waals surface area (Å²) < 4.78 is 7.21. The molecule has 29 heavy (non-hydrogen) atoms. The Hall–Kier alpha value is -2.74. The van der Waals surface area contributed by atoms with Crippen LogP contribution < -0.4 is 0 Å². The van der Waals surface area contributed by atoms with Gasteiger partial charge in [-0.05, 0) is 56.9 Å². The van der Waals surface area contributed by atoms with Crippen LogP contribution in [0.5, 0.6) is 0 Å². The molecule has 2 aliphatic heterocycles. The van der Waals surface area contributed by atoms with Crippen LogP contribution in [0.2, 0.25) is 0 Å². The number of carbonyl (C=O) groups excluding carboxylic acids is 2. The second-order valence-electron chi connectivity index (χ2n) is 7.90. The summed E-state index contributed by atoms with van der Waals surface area (Å²) in [6.45, 7) is 8.62. The summed E-state index contributed by atoms with van der Waals surface area (Å²) in [6, 6.07) is 6.15. The molecule has 0 aliphatic carbocycles. The van der Waals surface area contributed by atoms with Crippen LogP contribution >= 0.6 is 0 Å². The molecule has 2 amide bonds. The fraction of sp³-hybridized carbons (Fsp3) is 0.524. The Morgan fingerprint density at radius 3 is 2.28 bits per heavy atom. The van der Waals surface area contributed by atoms with Crippen LogP contribution in [0.25, 0.3) is 5.69 Å². The second-order valence-corrected chi connectivity index (χ2v) is 7.90. The highest BCUT2D eigenvalue weighted by Gasteiger charge is 2.32. The number of ether oxygens (including phenoxy) is 1. The molecule has 2 aromatic rings. The molecule has 1 aromatic heterocycles. The summed E-state index contributed by atoms with van der Waals surface area (Å²) in [5.41, 5.74) is 4.25. The van der Waals surface area contributed by atoms with Crippen molar-refractivity contribution in [1.82, 2.24) is 24.8 Å². The third kappa shape index (κ3) is 3.89. The number of nitrogens with zero attached hydrogens (tertiary/aromatic N) is 5. The number of aryl methyl sites for hydroxylation is 2. The van der Waals surface area contributed by atoms with E-state index >= 15 is 0 Å². The van der Waals surface area contributed by atoms with Gasteiger partial charge in [-0.15, -0.1) is 5.10 Å². The molecule has 3 heterocycles.